The van der Waals surface area contributed by atoms with Crippen molar-refractivity contribution in [3.8, 4) is 0 Å². The number of amides is 1. The maximum Gasteiger partial charge on any atom is 0.221 e. The molecule has 0 saturated carbocycles. The summed E-state index contributed by atoms with van der Waals surface area (Å²) in [6.45, 7) is 12.0. The molecule has 0 bridgehead atoms. The predicted octanol–water partition coefficient (Wildman–Crippen LogP) is 1.16. The van der Waals surface area contributed by atoms with Gasteiger partial charge in [-0.1, -0.05) is 0 Å². The van der Waals surface area contributed by atoms with E-state index in [9.17, 15) is 20.1 Å². The van der Waals surface area contributed by atoms with E-state index in [1.165, 1.54) is 6.92 Å². The van der Waals surface area contributed by atoms with Crippen LogP contribution in [0.5, 0.6) is 0 Å². The van der Waals surface area contributed by atoms with Crippen LogP contribution in [0.25, 0.3) is 0 Å². The number of hydrogen-bond acceptors (Lipinski definition) is 6. The van der Waals surface area contributed by atoms with Crippen LogP contribution in [0.4, 0.5) is 0 Å². The van der Waals surface area contributed by atoms with Crippen LogP contribution in [0.1, 0.15) is 54.9 Å². The normalized spacial score (nSPS) is 16.6. The van der Waals surface area contributed by atoms with Gasteiger partial charge in [-0.2, -0.15) is 0 Å². The Hall–Kier alpha value is -1.15. The van der Waals surface area contributed by atoms with Crippen molar-refractivity contribution in [1.82, 2.24) is 10.6 Å². The number of nitrogens with one attached hydrogen (secondary N) is 2. The van der Waals surface area contributed by atoms with Crippen LogP contribution in [0.15, 0.2) is 11.5 Å². The highest BCUT2D eigenvalue weighted by Gasteiger charge is 2.29. The summed E-state index contributed by atoms with van der Waals surface area (Å²) in [4.78, 5) is 11.4. The van der Waals surface area contributed by atoms with E-state index in [0.717, 1.165) is 0 Å². The van der Waals surface area contributed by atoms with Gasteiger partial charge in [0.25, 0.3) is 0 Å². The highest BCUT2D eigenvalue weighted by atomic mass is 16.5. The molecule has 2 unspecified atom stereocenters. The molecular weight excluding hydrogens is 300 g/mol. The van der Waals surface area contributed by atoms with E-state index in [0.29, 0.717) is 0 Å². The summed E-state index contributed by atoms with van der Waals surface area (Å²) in [6, 6.07) is 0. The van der Waals surface area contributed by atoms with E-state index >= 15 is 0 Å². The van der Waals surface area contributed by atoms with Gasteiger partial charge in [-0.15, -0.1) is 0 Å². The van der Waals surface area contributed by atoms with Gasteiger partial charge < -0.3 is 25.4 Å². The van der Waals surface area contributed by atoms with Gasteiger partial charge in [-0.3, -0.25) is 10.1 Å². The van der Waals surface area contributed by atoms with Gasteiger partial charge in [0.1, 0.15) is 23.8 Å². The molecule has 136 valence electrons. The van der Waals surface area contributed by atoms with Crippen LogP contribution < -0.4 is 10.6 Å². The van der Waals surface area contributed by atoms with Crippen LogP contribution in [0, 0.1) is 0 Å². The first-order valence-corrected chi connectivity index (χ1v) is 7.72. The van der Waals surface area contributed by atoms with Crippen molar-refractivity contribution in [2.45, 2.75) is 78.4 Å². The first-order valence-electron chi connectivity index (χ1n) is 7.72. The van der Waals surface area contributed by atoms with Crippen molar-refractivity contribution >= 4 is 5.91 Å². The second-order valence-electron chi connectivity index (χ2n) is 7.51. The second-order valence-corrected chi connectivity index (χ2v) is 7.51. The summed E-state index contributed by atoms with van der Waals surface area (Å²) >= 11 is 0. The number of hydrogen-bond donors (Lipinski definition) is 5. The molecule has 0 heterocycles. The molecule has 7 nitrogen and oxygen atoms in total. The average molecular weight is 332 g/mol. The van der Waals surface area contributed by atoms with E-state index in [1.54, 1.807) is 0 Å². The molecule has 0 aromatic heterocycles. The molecule has 0 aliphatic rings. The Morgan fingerprint density at radius 3 is 2.04 bits per heavy atom. The van der Waals surface area contributed by atoms with Gasteiger partial charge in [0.15, 0.2) is 0 Å². The van der Waals surface area contributed by atoms with Crippen molar-refractivity contribution in [3.05, 3.63) is 11.5 Å². The number of carbonyl (C=O) groups is 1. The summed E-state index contributed by atoms with van der Waals surface area (Å²) in [7, 11) is 0. The Morgan fingerprint density at radius 1 is 1.17 bits per heavy atom. The Balaban J connectivity index is 5.64. The fourth-order valence-electron chi connectivity index (χ4n) is 1.91. The lowest BCUT2D eigenvalue weighted by molar-refractivity contribution is -0.118. The van der Waals surface area contributed by atoms with Crippen LogP contribution in [-0.2, 0) is 9.53 Å². The highest BCUT2D eigenvalue weighted by Crippen LogP contribution is 2.21. The number of rotatable bonds is 7. The lowest BCUT2D eigenvalue weighted by atomic mass is 10.1. The molecule has 0 aromatic carbocycles. The fourth-order valence-corrected chi connectivity index (χ4v) is 1.91. The molecule has 0 fully saturated rings. The molecule has 23 heavy (non-hydrogen) atoms. The lowest BCUT2D eigenvalue weighted by Gasteiger charge is -2.31. The molecule has 0 aliphatic carbocycles. The first kappa shape index (κ1) is 21.9. The maximum atomic E-state index is 11.4. The lowest BCUT2D eigenvalue weighted by Crippen LogP contribution is -2.49. The third-order valence-electron chi connectivity index (χ3n) is 2.62. The van der Waals surface area contributed by atoms with Crippen LogP contribution in [0.3, 0.4) is 0 Å². The Kier molecular flexibility index (Phi) is 8.20. The van der Waals surface area contributed by atoms with E-state index in [2.05, 4.69) is 10.6 Å². The number of aliphatic hydroxyl groups excluding tert-OH is 3. The van der Waals surface area contributed by atoms with Gasteiger partial charge in [0.05, 0.1) is 5.60 Å². The van der Waals surface area contributed by atoms with Crippen molar-refractivity contribution in [1.29, 1.82) is 0 Å². The Morgan fingerprint density at radius 2 is 1.70 bits per heavy atom. The number of ether oxygens (including phenoxy) is 1. The SMILES string of the molecule is CC(=O)N/C(=C(/O)C(CCO)OC(C)(C)C)C(O)NC(C)(C)C. The first-order chi connectivity index (χ1) is 10.3. The largest absolute Gasteiger partial charge is 0.508 e. The van der Waals surface area contributed by atoms with Crippen molar-refractivity contribution in [2.75, 3.05) is 6.61 Å². The smallest absolute Gasteiger partial charge is 0.221 e. The molecule has 0 rings (SSSR count). The highest BCUT2D eigenvalue weighted by molar-refractivity contribution is 5.75. The summed E-state index contributed by atoms with van der Waals surface area (Å²) in [5, 5.41) is 35.3. The van der Waals surface area contributed by atoms with Gasteiger partial charge >= 0.3 is 0 Å². The molecule has 0 spiro atoms. The third kappa shape index (κ3) is 9.55. The third-order valence-corrected chi connectivity index (χ3v) is 2.62. The van der Waals surface area contributed by atoms with Gasteiger partial charge in [0, 0.05) is 25.5 Å². The number of aliphatic hydroxyl groups is 3. The quantitative estimate of drug-likeness (QED) is 0.353. The molecule has 0 radical (unpaired) electrons. The molecule has 0 aliphatic heterocycles. The molecule has 0 saturated heterocycles. The van der Waals surface area contributed by atoms with Gasteiger partial charge in [-0.05, 0) is 41.5 Å². The summed E-state index contributed by atoms with van der Waals surface area (Å²) in [5.41, 5.74) is -1.09. The summed E-state index contributed by atoms with van der Waals surface area (Å²) in [5.74, 6) is -0.742. The molecule has 2 atom stereocenters. The van der Waals surface area contributed by atoms with Crippen molar-refractivity contribution in [3.63, 3.8) is 0 Å². The van der Waals surface area contributed by atoms with E-state index in [1.807, 2.05) is 41.5 Å². The predicted molar refractivity (Wildman–Crippen MR) is 88.7 cm³/mol. The monoisotopic (exact) mass is 332 g/mol. The van der Waals surface area contributed by atoms with E-state index in [4.69, 9.17) is 4.74 Å². The topological polar surface area (TPSA) is 111 Å². The summed E-state index contributed by atoms with van der Waals surface area (Å²) < 4.78 is 5.72. The molecule has 1 amide bonds. The minimum Gasteiger partial charge on any atom is -0.508 e. The zero-order chi connectivity index (χ0) is 18.4. The van der Waals surface area contributed by atoms with E-state index < -0.39 is 29.4 Å². The van der Waals surface area contributed by atoms with Crippen LogP contribution in [-0.4, -0.2) is 51.3 Å². The summed E-state index contributed by atoms with van der Waals surface area (Å²) in [6.07, 6.45) is -2.00. The Bertz CT molecular complexity index is 421. The van der Waals surface area contributed by atoms with Crippen molar-refractivity contribution < 1.29 is 24.9 Å². The van der Waals surface area contributed by atoms with Crippen LogP contribution >= 0.6 is 0 Å². The Labute approximate surface area is 138 Å². The van der Waals surface area contributed by atoms with Crippen molar-refractivity contribution in [2.24, 2.45) is 0 Å². The minimum absolute atomic E-state index is 0.0740. The maximum absolute atomic E-state index is 11.4. The zero-order valence-electron chi connectivity index (χ0n) is 15.2. The molecular formula is C16H32N2O5. The average Bonchev–Trinajstić information content (AvgIpc) is 2.30. The number of carbonyl (C=O) groups excluding carboxylic acids is 1. The van der Waals surface area contributed by atoms with Gasteiger partial charge in [-0.25, -0.2) is 0 Å². The van der Waals surface area contributed by atoms with Crippen LogP contribution in [0.2, 0.25) is 0 Å². The standard InChI is InChI=1S/C16H32N2O5/c1-10(20)17-12(14(22)18-15(2,3)4)13(21)11(8-9-19)23-16(5,6)7/h11,14,18-19,21-22H,8-9H2,1-7H3,(H,17,20)/b13-12+. The molecule has 7 heteroatoms. The molecule has 5 N–H and O–H groups in total. The minimum atomic E-state index is -1.29. The fraction of sp³-hybridized carbons (Fsp3) is 0.812. The van der Waals surface area contributed by atoms with Gasteiger partial charge in [0.2, 0.25) is 5.91 Å². The van der Waals surface area contributed by atoms with E-state index in [-0.39, 0.29) is 24.5 Å². The molecule has 0 aromatic rings. The zero-order valence-corrected chi connectivity index (χ0v) is 15.2. The second kappa shape index (κ2) is 8.63.